The highest BCUT2D eigenvalue weighted by Gasteiger charge is 2.33. The molecule has 1 aliphatic rings. The molecule has 2 aromatic rings. The number of methoxy groups -OCH3 is 1. The van der Waals surface area contributed by atoms with Crippen LogP contribution in [-0.4, -0.2) is 24.0 Å². The first-order valence-electron chi connectivity index (χ1n) is 7.47. The Morgan fingerprint density at radius 2 is 1.77 bits per heavy atom. The number of anilines is 1. The second-order valence-electron chi connectivity index (χ2n) is 5.63. The topological polar surface area (TPSA) is 55.6 Å². The van der Waals surface area contributed by atoms with E-state index in [1.165, 1.54) is 0 Å². The molecule has 0 spiro atoms. The van der Waals surface area contributed by atoms with Crippen molar-refractivity contribution < 1.29 is 9.53 Å². The van der Waals surface area contributed by atoms with Crippen molar-refractivity contribution in [2.75, 3.05) is 12.8 Å². The highest BCUT2D eigenvalue weighted by molar-refractivity contribution is 5.94. The van der Waals surface area contributed by atoms with Crippen LogP contribution in [0.3, 0.4) is 0 Å². The molecule has 2 N–H and O–H groups in total. The highest BCUT2D eigenvalue weighted by atomic mass is 16.5. The van der Waals surface area contributed by atoms with Gasteiger partial charge in [0.05, 0.1) is 7.11 Å². The van der Waals surface area contributed by atoms with Gasteiger partial charge in [0.15, 0.2) is 0 Å². The van der Waals surface area contributed by atoms with Gasteiger partial charge in [-0.15, -0.1) is 0 Å². The van der Waals surface area contributed by atoms with Crippen LogP contribution in [0.2, 0.25) is 0 Å². The lowest BCUT2D eigenvalue weighted by atomic mass is 10.1. The van der Waals surface area contributed by atoms with E-state index in [4.69, 9.17) is 10.5 Å². The van der Waals surface area contributed by atoms with Crippen LogP contribution in [0.4, 0.5) is 5.69 Å². The lowest BCUT2D eigenvalue weighted by Crippen LogP contribution is -2.32. The molecule has 0 atom stereocenters. The number of hydrogen-bond donors (Lipinski definition) is 1. The predicted octanol–water partition coefficient (Wildman–Crippen LogP) is 3.08. The number of amides is 1. The number of nitrogens with two attached hydrogens (primary N) is 1. The number of benzene rings is 2. The van der Waals surface area contributed by atoms with Crippen LogP contribution in [0, 0.1) is 0 Å². The standard InChI is InChI=1S/C18H20N2O2/c1-22-17-10-2-13(3-11-17)12-20(16-8-9-16)18(21)14-4-6-15(19)7-5-14/h2-7,10-11,16H,8-9,12,19H2,1H3. The van der Waals surface area contributed by atoms with Crippen molar-refractivity contribution in [2.45, 2.75) is 25.4 Å². The number of hydrogen-bond acceptors (Lipinski definition) is 3. The fourth-order valence-corrected chi connectivity index (χ4v) is 2.47. The minimum atomic E-state index is 0.0679. The highest BCUT2D eigenvalue weighted by Crippen LogP contribution is 2.30. The maximum atomic E-state index is 12.7. The smallest absolute Gasteiger partial charge is 0.254 e. The molecule has 1 amide bonds. The van der Waals surface area contributed by atoms with Crippen LogP contribution < -0.4 is 10.5 Å². The molecule has 0 bridgehead atoms. The number of ether oxygens (including phenoxy) is 1. The molecular formula is C18H20N2O2. The number of nitrogens with zero attached hydrogens (tertiary/aromatic N) is 1. The molecule has 22 heavy (non-hydrogen) atoms. The summed E-state index contributed by atoms with van der Waals surface area (Å²) in [6.45, 7) is 0.623. The van der Waals surface area contributed by atoms with Crippen molar-refractivity contribution in [3.8, 4) is 5.75 Å². The van der Waals surface area contributed by atoms with Crippen molar-refractivity contribution >= 4 is 11.6 Å². The number of carbonyl (C=O) groups is 1. The number of carbonyl (C=O) groups excluding carboxylic acids is 1. The zero-order chi connectivity index (χ0) is 15.5. The van der Waals surface area contributed by atoms with Gasteiger partial charge in [-0.05, 0) is 54.8 Å². The monoisotopic (exact) mass is 296 g/mol. The van der Waals surface area contributed by atoms with Crippen LogP contribution in [-0.2, 0) is 6.54 Å². The predicted molar refractivity (Wildman–Crippen MR) is 86.7 cm³/mol. The molecule has 4 nitrogen and oxygen atoms in total. The summed E-state index contributed by atoms with van der Waals surface area (Å²) >= 11 is 0. The Morgan fingerprint density at radius 1 is 1.14 bits per heavy atom. The fourth-order valence-electron chi connectivity index (χ4n) is 2.47. The van der Waals surface area contributed by atoms with E-state index in [2.05, 4.69) is 0 Å². The lowest BCUT2D eigenvalue weighted by Gasteiger charge is -2.23. The summed E-state index contributed by atoms with van der Waals surface area (Å²) in [6, 6.07) is 15.3. The second kappa shape index (κ2) is 6.10. The normalized spacial score (nSPS) is 13.7. The molecule has 2 aromatic carbocycles. The Hall–Kier alpha value is -2.49. The third kappa shape index (κ3) is 3.22. The molecule has 0 heterocycles. The average molecular weight is 296 g/mol. The quantitative estimate of drug-likeness (QED) is 0.863. The van der Waals surface area contributed by atoms with Crippen molar-refractivity contribution in [3.63, 3.8) is 0 Å². The van der Waals surface area contributed by atoms with E-state index in [9.17, 15) is 4.79 Å². The molecule has 0 radical (unpaired) electrons. The second-order valence-corrected chi connectivity index (χ2v) is 5.63. The van der Waals surface area contributed by atoms with Crippen molar-refractivity contribution in [2.24, 2.45) is 0 Å². The molecule has 0 aromatic heterocycles. The van der Waals surface area contributed by atoms with Gasteiger partial charge in [-0.1, -0.05) is 12.1 Å². The molecule has 0 unspecified atom stereocenters. The van der Waals surface area contributed by atoms with E-state index in [-0.39, 0.29) is 5.91 Å². The van der Waals surface area contributed by atoms with Gasteiger partial charge in [0, 0.05) is 23.8 Å². The average Bonchev–Trinajstić information content (AvgIpc) is 3.38. The summed E-state index contributed by atoms with van der Waals surface area (Å²) in [5.74, 6) is 0.893. The van der Waals surface area contributed by atoms with Gasteiger partial charge in [-0.3, -0.25) is 4.79 Å². The molecule has 0 saturated heterocycles. The fraction of sp³-hybridized carbons (Fsp3) is 0.278. The molecule has 0 aliphatic heterocycles. The Bertz CT molecular complexity index is 646. The van der Waals surface area contributed by atoms with Gasteiger partial charge in [0.2, 0.25) is 0 Å². The third-order valence-corrected chi connectivity index (χ3v) is 3.92. The zero-order valence-corrected chi connectivity index (χ0v) is 12.7. The number of nitrogen functional groups attached to an aromatic ring is 1. The molecule has 3 rings (SSSR count). The Morgan fingerprint density at radius 3 is 2.32 bits per heavy atom. The number of rotatable bonds is 5. The largest absolute Gasteiger partial charge is 0.497 e. The minimum Gasteiger partial charge on any atom is -0.497 e. The molecule has 4 heteroatoms. The first kappa shape index (κ1) is 14.4. The van der Waals surface area contributed by atoms with Crippen LogP contribution in [0.15, 0.2) is 48.5 Å². The Labute approximate surface area is 130 Å². The van der Waals surface area contributed by atoms with Gasteiger partial charge in [-0.2, -0.15) is 0 Å². The van der Waals surface area contributed by atoms with Crippen LogP contribution in [0.25, 0.3) is 0 Å². The van der Waals surface area contributed by atoms with Crippen molar-refractivity contribution in [3.05, 3.63) is 59.7 Å². The molecule has 1 aliphatic carbocycles. The Balaban J connectivity index is 1.77. The lowest BCUT2D eigenvalue weighted by molar-refractivity contribution is 0.0730. The van der Waals surface area contributed by atoms with E-state index in [1.807, 2.05) is 29.2 Å². The van der Waals surface area contributed by atoms with E-state index >= 15 is 0 Å². The van der Waals surface area contributed by atoms with Crippen LogP contribution in [0.5, 0.6) is 5.75 Å². The van der Waals surface area contributed by atoms with E-state index in [1.54, 1.807) is 31.4 Å². The summed E-state index contributed by atoms with van der Waals surface area (Å²) in [4.78, 5) is 14.7. The summed E-state index contributed by atoms with van der Waals surface area (Å²) in [5, 5.41) is 0. The molecular weight excluding hydrogens is 276 g/mol. The van der Waals surface area contributed by atoms with Gasteiger partial charge in [0.1, 0.15) is 5.75 Å². The zero-order valence-electron chi connectivity index (χ0n) is 12.7. The van der Waals surface area contributed by atoms with Crippen LogP contribution in [0.1, 0.15) is 28.8 Å². The first-order valence-corrected chi connectivity index (χ1v) is 7.47. The van der Waals surface area contributed by atoms with Crippen LogP contribution >= 0.6 is 0 Å². The summed E-state index contributed by atoms with van der Waals surface area (Å²) in [6.07, 6.45) is 2.16. The van der Waals surface area contributed by atoms with E-state index in [0.29, 0.717) is 23.8 Å². The van der Waals surface area contributed by atoms with E-state index in [0.717, 1.165) is 24.2 Å². The van der Waals surface area contributed by atoms with Gasteiger partial charge in [-0.25, -0.2) is 0 Å². The van der Waals surface area contributed by atoms with E-state index < -0.39 is 0 Å². The van der Waals surface area contributed by atoms with Gasteiger partial charge < -0.3 is 15.4 Å². The SMILES string of the molecule is COc1ccc(CN(C(=O)c2ccc(N)cc2)C2CC2)cc1. The minimum absolute atomic E-state index is 0.0679. The van der Waals surface area contributed by atoms with Gasteiger partial charge >= 0.3 is 0 Å². The van der Waals surface area contributed by atoms with Crippen molar-refractivity contribution in [1.29, 1.82) is 0 Å². The Kier molecular flexibility index (Phi) is 4.00. The van der Waals surface area contributed by atoms with Gasteiger partial charge in [0.25, 0.3) is 5.91 Å². The first-order chi connectivity index (χ1) is 10.7. The third-order valence-electron chi connectivity index (χ3n) is 3.92. The molecule has 114 valence electrons. The molecule has 1 saturated carbocycles. The molecule has 1 fully saturated rings. The summed E-state index contributed by atoms with van der Waals surface area (Å²) in [5.41, 5.74) is 8.16. The van der Waals surface area contributed by atoms with Crippen molar-refractivity contribution in [1.82, 2.24) is 4.90 Å². The summed E-state index contributed by atoms with van der Waals surface area (Å²) in [7, 11) is 1.65. The maximum absolute atomic E-state index is 12.7. The summed E-state index contributed by atoms with van der Waals surface area (Å²) < 4.78 is 5.17. The maximum Gasteiger partial charge on any atom is 0.254 e.